The van der Waals surface area contributed by atoms with Crippen molar-refractivity contribution in [1.82, 2.24) is 9.88 Å². The molecule has 0 aliphatic rings. The maximum absolute atomic E-state index is 12.7. The number of hydrogen-bond acceptors (Lipinski definition) is 2. The Balaban J connectivity index is 1.98. The fourth-order valence-electron chi connectivity index (χ4n) is 2.62. The van der Waals surface area contributed by atoms with E-state index in [1.165, 1.54) is 23.5 Å². The summed E-state index contributed by atoms with van der Waals surface area (Å²) >= 11 is 4.97. The van der Waals surface area contributed by atoms with Crippen molar-refractivity contribution in [2.75, 3.05) is 6.54 Å². The minimum atomic E-state index is -4.37. The molecule has 1 N–H and O–H groups in total. The third-order valence-electron chi connectivity index (χ3n) is 3.84. The molecule has 3 aromatic rings. The lowest BCUT2D eigenvalue weighted by Crippen LogP contribution is -2.26. The second-order valence-electron chi connectivity index (χ2n) is 5.61. The van der Waals surface area contributed by atoms with Gasteiger partial charge < -0.3 is 9.88 Å². The molecular weight excluding hydrogens is 429 g/mol. The second kappa shape index (κ2) is 7.28. The Labute approximate surface area is 160 Å². The fourth-order valence-corrected chi connectivity index (χ4v) is 4.31. The highest BCUT2D eigenvalue weighted by atomic mass is 79.9. The van der Waals surface area contributed by atoms with Crippen LogP contribution in [0.15, 0.2) is 52.8 Å². The predicted octanol–water partition coefficient (Wildman–Crippen LogP) is 5.45. The zero-order valence-corrected chi connectivity index (χ0v) is 15.8. The molecule has 0 fully saturated rings. The minimum absolute atomic E-state index is 0.257. The number of benzene rings is 1. The zero-order chi connectivity index (χ0) is 18.9. The molecule has 0 saturated heterocycles. The molecule has 0 spiro atoms. The van der Waals surface area contributed by atoms with E-state index in [0.717, 1.165) is 26.8 Å². The average Bonchev–Trinajstić information content (AvgIpc) is 3.13. The maximum Gasteiger partial charge on any atom is 0.416 e. The molecule has 2 aromatic heterocycles. The second-order valence-corrected chi connectivity index (χ2v) is 7.37. The lowest BCUT2D eigenvalue weighted by molar-refractivity contribution is -0.137. The summed E-state index contributed by atoms with van der Waals surface area (Å²) < 4.78 is 41.8. The number of nitrogens with zero attached hydrogens (tertiary/aromatic N) is 1. The first-order chi connectivity index (χ1) is 12.3. The van der Waals surface area contributed by atoms with Crippen LogP contribution in [0.2, 0.25) is 0 Å². The van der Waals surface area contributed by atoms with Gasteiger partial charge in [0.25, 0.3) is 5.91 Å². The predicted molar refractivity (Wildman–Crippen MR) is 101 cm³/mol. The summed E-state index contributed by atoms with van der Waals surface area (Å²) in [5, 5.41) is 4.65. The third-order valence-corrected chi connectivity index (χ3v) is 5.67. The minimum Gasteiger partial charge on any atom is -0.347 e. The number of aromatic nitrogens is 1. The Morgan fingerprint density at radius 2 is 2.00 bits per heavy atom. The van der Waals surface area contributed by atoms with Crippen LogP contribution in [0.4, 0.5) is 13.2 Å². The largest absolute Gasteiger partial charge is 0.416 e. The van der Waals surface area contributed by atoms with E-state index in [0.29, 0.717) is 17.8 Å². The highest BCUT2D eigenvalue weighted by Gasteiger charge is 2.30. The van der Waals surface area contributed by atoms with Gasteiger partial charge in [-0.05, 0) is 39.7 Å². The molecule has 136 valence electrons. The van der Waals surface area contributed by atoms with Gasteiger partial charge in [-0.15, -0.1) is 17.9 Å². The highest BCUT2D eigenvalue weighted by Crippen LogP contribution is 2.34. The van der Waals surface area contributed by atoms with Crippen LogP contribution in [0, 0.1) is 0 Å². The summed E-state index contributed by atoms with van der Waals surface area (Å²) in [7, 11) is 0. The molecule has 3 nitrogen and oxygen atoms in total. The van der Waals surface area contributed by atoms with Crippen molar-refractivity contribution in [3.05, 3.63) is 69.7 Å². The molecule has 3 rings (SSSR count). The molecule has 0 saturated carbocycles. The van der Waals surface area contributed by atoms with Crippen molar-refractivity contribution in [3.8, 4) is 0 Å². The molecule has 0 atom stereocenters. The molecule has 0 unspecified atom stereocenters. The molecule has 0 bridgehead atoms. The van der Waals surface area contributed by atoms with Crippen LogP contribution in [0.3, 0.4) is 0 Å². The first-order valence-electron chi connectivity index (χ1n) is 7.62. The molecule has 1 aromatic carbocycles. The van der Waals surface area contributed by atoms with Gasteiger partial charge in [0.1, 0.15) is 5.69 Å². The standard InChI is InChI=1S/C18H14BrF3N2OS/c1-2-7-23-17(25)14-8-15-16(13(19)10-26-15)24(14)9-11-3-5-12(6-4-11)18(20,21)22/h2-6,8,10H,1,7,9H2,(H,23,25). The summed E-state index contributed by atoms with van der Waals surface area (Å²) in [5.41, 5.74) is 1.28. The van der Waals surface area contributed by atoms with Crippen LogP contribution < -0.4 is 5.32 Å². The highest BCUT2D eigenvalue weighted by molar-refractivity contribution is 9.10. The van der Waals surface area contributed by atoms with Crippen LogP contribution in [0.5, 0.6) is 0 Å². The number of halogens is 4. The van der Waals surface area contributed by atoms with Crippen LogP contribution >= 0.6 is 27.3 Å². The monoisotopic (exact) mass is 442 g/mol. The van der Waals surface area contributed by atoms with Crippen LogP contribution in [-0.2, 0) is 12.7 Å². The molecular formula is C18H14BrF3N2OS. The van der Waals surface area contributed by atoms with Crippen molar-refractivity contribution in [2.45, 2.75) is 12.7 Å². The van der Waals surface area contributed by atoms with Crippen LogP contribution in [0.25, 0.3) is 10.2 Å². The molecule has 0 aliphatic carbocycles. The number of nitrogens with one attached hydrogen (secondary N) is 1. The van der Waals surface area contributed by atoms with Crippen molar-refractivity contribution < 1.29 is 18.0 Å². The van der Waals surface area contributed by atoms with E-state index in [2.05, 4.69) is 27.8 Å². The Morgan fingerprint density at radius 3 is 2.62 bits per heavy atom. The molecule has 0 radical (unpaired) electrons. The fraction of sp³-hybridized carbons (Fsp3) is 0.167. The Morgan fingerprint density at radius 1 is 1.31 bits per heavy atom. The third kappa shape index (κ3) is 3.71. The Hall–Kier alpha value is -2.06. The van der Waals surface area contributed by atoms with E-state index >= 15 is 0 Å². The first-order valence-corrected chi connectivity index (χ1v) is 9.30. The molecule has 0 aliphatic heterocycles. The van der Waals surface area contributed by atoms with Gasteiger partial charge in [-0.3, -0.25) is 4.79 Å². The smallest absolute Gasteiger partial charge is 0.347 e. The van der Waals surface area contributed by atoms with E-state index < -0.39 is 11.7 Å². The van der Waals surface area contributed by atoms with E-state index in [4.69, 9.17) is 0 Å². The quantitative estimate of drug-likeness (QED) is 0.523. The molecule has 26 heavy (non-hydrogen) atoms. The zero-order valence-electron chi connectivity index (χ0n) is 13.4. The van der Waals surface area contributed by atoms with Crippen molar-refractivity contribution in [3.63, 3.8) is 0 Å². The van der Waals surface area contributed by atoms with E-state index in [-0.39, 0.29) is 12.5 Å². The van der Waals surface area contributed by atoms with Crippen molar-refractivity contribution in [2.24, 2.45) is 0 Å². The van der Waals surface area contributed by atoms with Crippen LogP contribution in [-0.4, -0.2) is 17.0 Å². The maximum atomic E-state index is 12.7. The van der Waals surface area contributed by atoms with Gasteiger partial charge in [0, 0.05) is 18.5 Å². The number of alkyl halides is 3. The van der Waals surface area contributed by atoms with E-state index in [1.807, 2.05) is 5.38 Å². The van der Waals surface area contributed by atoms with Crippen molar-refractivity contribution >= 4 is 43.4 Å². The summed E-state index contributed by atoms with van der Waals surface area (Å²) in [6, 6.07) is 6.75. The van der Waals surface area contributed by atoms with Gasteiger partial charge in [-0.25, -0.2) is 0 Å². The number of hydrogen-bond donors (Lipinski definition) is 1. The average molecular weight is 443 g/mol. The van der Waals surface area contributed by atoms with E-state index in [1.54, 1.807) is 16.7 Å². The summed E-state index contributed by atoms with van der Waals surface area (Å²) in [4.78, 5) is 12.4. The lowest BCUT2D eigenvalue weighted by atomic mass is 10.1. The Kier molecular flexibility index (Phi) is 5.24. The van der Waals surface area contributed by atoms with Gasteiger partial charge in [-0.2, -0.15) is 13.2 Å². The summed E-state index contributed by atoms with van der Waals surface area (Å²) in [6.45, 7) is 4.19. The number of fused-ring (bicyclic) bond motifs is 1. The number of amides is 1. The SMILES string of the molecule is C=CCNC(=O)c1cc2scc(Br)c2n1Cc1ccc(C(F)(F)F)cc1. The van der Waals surface area contributed by atoms with E-state index in [9.17, 15) is 18.0 Å². The van der Waals surface area contributed by atoms with Crippen molar-refractivity contribution in [1.29, 1.82) is 0 Å². The normalized spacial score (nSPS) is 11.7. The van der Waals surface area contributed by atoms with Gasteiger partial charge in [0.15, 0.2) is 0 Å². The number of thiophene rings is 1. The Bertz CT molecular complexity index is 957. The summed E-state index contributed by atoms with van der Waals surface area (Å²) in [5.74, 6) is -0.257. The lowest BCUT2D eigenvalue weighted by Gasteiger charge is -2.12. The molecule has 8 heteroatoms. The number of rotatable bonds is 5. The van der Waals surface area contributed by atoms with Gasteiger partial charge in [-0.1, -0.05) is 18.2 Å². The van der Waals surface area contributed by atoms with Gasteiger partial charge >= 0.3 is 6.18 Å². The summed E-state index contributed by atoms with van der Waals surface area (Å²) in [6.07, 6.45) is -2.79. The molecule has 1 amide bonds. The topological polar surface area (TPSA) is 34.0 Å². The number of carbonyl (C=O) groups is 1. The number of carbonyl (C=O) groups excluding carboxylic acids is 1. The van der Waals surface area contributed by atoms with Gasteiger partial charge in [0.2, 0.25) is 0 Å². The van der Waals surface area contributed by atoms with Gasteiger partial charge in [0.05, 0.1) is 20.3 Å². The van der Waals surface area contributed by atoms with Crippen LogP contribution in [0.1, 0.15) is 21.6 Å². The molecule has 2 heterocycles. The first kappa shape index (κ1) is 18.7.